The summed E-state index contributed by atoms with van der Waals surface area (Å²) in [5.74, 6) is -0.984. The van der Waals surface area contributed by atoms with Gasteiger partial charge in [0.1, 0.15) is 23.6 Å². The number of hydrogen-bond acceptors (Lipinski definition) is 4. The second-order valence-electron chi connectivity index (χ2n) is 11.7. The Morgan fingerprint density at radius 2 is 1.89 bits per heavy atom. The number of piperidine rings is 1. The second kappa shape index (κ2) is 11.2. The number of hydrogen-bond donors (Lipinski definition) is 1. The summed E-state index contributed by atoms with van der Waals surface area (Å²) in [6.07, 6.45) is -2.70. The maximum atomic E-state index is 14.2. The van der Waals surface area contributed by atoms with Crippen molar-refractivity contribution in [3.63, 3.8) is 0 Å². The number of nitriles is 1. The van der Waals surface area contributed by atoms with Crippen molar-refractivity contribution in [3.05, 3.63) is 87.2 Å². The Kier molecular flexibility index (Phi) is 7.53. The normalized spacial score (nSPS) is 17.9. The lowest BCUT2D eigenvalue weighted by Gasteiger charge is -2.34. The number of carbonyl (C=O) groups excluding carboxylic acids is 1. The summed E-state index contributed by atoms with van der Waals surface area (Å²) in [5, 5.41) is 10.3. The van der Waals surface area contributed by atoms with E-state index in [0.717, 1.165) is 59.7 Å². The van der Waals surface area contributed by atoms with Gasteiger partial charge in [-0.2, -0.15) is 18.4 Å². The molecule has 2 aliphatic heterocycles. The van der Waals surface area contributed by atoms with Crippen molar-refractivity contribution >= 4 is 16.8 Å². The number of nitrogens with one attached hydrogen (secondary N) is 1. The first kappa shape index (κ1) is 29.6. The molecule has 1 atom stereocenters. The van der Waals surface area contributed by atoms with Gasteiger partial charge >= 0.3 is 6.18 Å². The smallest absolute Gasteiger partial charge is 0.353 e. The molecule has 0 unspecified atom stereocenters. The number of likely N-dealkylation sites (tertiary alicyclic amines) is 2. The molecule has 6 rings (SSSR count). The van der Waals surface area contributed by atoms with Crippen LogP contribution >= 0.6 is 0 Å². The number of pyridine rings is 1. The first-order valence-corrected chi connectivity index (χ1v) is 14.3. The number of amides is 1. The van der Waals surface area contributed by atoms with E-state index < -0.39 is 35.2 Å². The quantitative estimate of drug-likeness (QED) is 0.280. The number of aromatic amines is 1. The maximum absolute atomic E-state index is 14.2. The molecule has 2 aromatic carbocycles. The number of rotatable bonds is 5. The number of carbonyl (C=O) groups is 1. The van der Waals surface area contributed by atoms with Crippen molar-refractivity contribution in [1.82, 2.24) is 19.4 Å². The highest BCUT2D eigenvalue weighted by Gasteiger charge is 2.34. The number of nitrogens with zero attached hydrogens (tertiary/aromatic N) is 4. The third kappa shape index (κ3) is 5.59. The molecule has 1 amide bonds. The van der Waals surface area contributed by atoms with Gasteiger partial charge in [-0.25, -0.2) is 8.78 Å². The van der Waals surface area contributed by atoms with Crippen LogP contribution in [0.5, 0.6) is 0 Å². The lowest BCUT2D eigenvalue weighted by atomic mass is 9.95. The zero-order chi connectivity index (χ0) is 31.3. The molecule has 2 fully saturated rings. The highest BCUT2D eigenvalue weighted by Crippen LogP contribution is 2.36. The Morgan fingerprint density at radius 3 is 2.57 bits per heavy atom. The Balaban J connectivity index is 1.48. The van der Waals surface area contributed by atoms with Crippen LogP contribution in [0.3, 0.4) is 0 Å². The Morgan fingerprint density at radius 1 is 1.11 bits per heavy atom. The number of halogens is 5. The molecular formula is C32H28F5N5O2. The predicted octanol–water partition coefficient (Wildman–Crippen LogP) is 6.04. The van der Waals surface area contributed by atoms with E-state index in [9.17, 15) is 36.8 Å². The van der Waals surface area contributed by atoms with Crippen molar-refractivity contribution in [3.8, 4) is 22.9 Å². The van der Waals surface area contributed by atoms with Crippen LogP contribution in [0.2, 0.25) is 0 Å². The van der Waals surface area contributed by atoms with E-state index >= 15 is 0 Å². The van der Waals surface area contributed by atoms with Crippen molar-refractivity contribution in [2.75, 3.05) is 26.2 Å². The summed E-state index contributed by atoms with van der Waals surface area (Å²) in [4.78, 5) is 33.3. The van der Waals surface area contributed by atoms with E-state index in [2.05, 4.69) is 16.8 Å². The Labute approximate surface area is 249 Å². The largest absolute Gasteiger partial charge is 0.416 e. The molecule has 0 bridgehead atoms. The molecule has 4 heterocycles. The SMILES string of the molecule is C[C@H]1CCCN(Cc2cc3c(C#N)cn(-c4cc(-c5ccc(F)cc5C(=O)N5CC(F)C5)cc(C(F)(F)F)c4)c(=O)c3[nH]2)C1. The molecule has 0 saturated carbocycles. The molecule has 0 aliphatic carbocycles. The molecule has 2 aromatic heterocycles. The predicted molar refractivity (Wildman–Crippen MR) is 153 cm³/mol. The van der Waals surface area contributed by atoms with Crippen molar-refractivity contribution in [1.29, 1.82) is 5.26 Å². The number of alkyl halides is 4. The average Bonchev–Trinajstić information content (AvgIpc) is 3.39. The molecule has 0 radical (unpaired) electrons. The Hall–Kier alpha value is -4.50. The zero-order valence-corrected chi connectivity index (χ0v) is 23.7. The third-order valence-electron chi connectivity index (χ3n) is 8.28. The van der Waals surface area contributed by atoms with E-state index in [-0.39, 0.29) is 46.5 Å². The molecule has 2 aliphatic rings. The summed E-state index contributed by atoms with van der Waals surface area (Å²) in [5.41, 5.74) is -1.45. The lowest BCUT2D eigenvalue weighted by Crippen LogP contribution is -2.51. The topological polar surface area (TPSA) is 85.1 Å². The van der Waals surface area contributed by atoms with Crippen LogP contribution in [-0.4, -0.2) is 57.6 Å². The fourth-order valence-corrected chi connectivity index (χ4v) is 6.08. The van der Waals surface area contributed by atoms with E-state index in [4.69, 9.17) is 0 Å². The highest BCUT2D eigenvalue weighted by atomic mass is 19.4. The second-order valence-corrected chi connectivity index (χ2v) is 11.7. The van der Waals surface area contributed by atoms with Gasteiger partial charge in [-0.15, -0.1) is 0 Å². The minimum Gasteiger partial charge on any atom is -0.353 e. The maximum Gasteiger partial charge on any atom is 0.416 e. The number of H-pyrrole nitrogens is 1. The van der Waals surface area contributed by atoms with Gasteiger partial charge in [-0.1, -0.05) is 13.0 Å². The van der Waals surface area contributed by atoms with Crippen molar-refractivity contribution in [2.24, 2.45) is 5.92 Å². The first-order chi connectivity index (χ1) is 20.9. The molecule has 4 aromatic rings. The monoisotopic (exact) mass is 609 g/mol. The standard InChI is InChI=1S/C32H28F5N5O2/c1-18-3-2-6-40(13-18)17-24-11-27-20(12-38)14-42(31(44)29(27)39-24)25-8-19(7-21(9-25)32(35,36)37)26-5-4-22(33)10-28(26)30(43)41-15-23(34)16-41/h4-5,7-11,14,18,23,39H,2-3,6,13,15-17H2,1H3/t18-/m0/s1. The van der Waals surface area contributed by atoms with Crippen LogP contribution in [-0.2, 0) is 12.7 Å². The van der Waals surface area contributed by atoms with Gasteiger partial charge in [0.2, 0.25) is 0 Å². The van der Waals surface area contributed by atoms with Gasteiger partial charge in [-0.05, 0) is 72.8 Å². The molecular weight excluding hydrogens is 581 g/mol. The van der Waals surface area contributed by atoms with Crippen LogP contribution in [0, 0.1) is 23.1 Å². The van der Waals surface area contributed by atoms with Crippen LogP contribution in [0.15, 0.2) is 53.5 Å². The number of benzene rings is 2. The third-order valence-corrected chi connectivity index (χ3v) is 8.28. The van der Waals surface area contributed by atoms with Gasteiger partial charge in [0.15, 0.2) is 0 Å². The van der Waals surface area contributed by atoms with E-state index in [1.54, 1.807) is 6.07 Å². The van der Waals surface area contributed by atoms with Crippen molar-refractivity contribution < 1.29 is 26.7 Å². The molecule has 228 valence electrons. The summed E-state index contributed by atoms with van der Waals surface area (Å²) >= 11 is 0. The molecule has 7 nitrogen and oxygen atoms in total. The van der Waals surface area contributed by atoms with Crippen LogP contribution in [0.4, 0.5) is 22.0 Å². The molecule has 0 spiro atoms. The van der Waals surface area contributed by atoms with Gasteiger partial charge in [0.05, 0.1) is 29.8 Å². The van der Waals surface area contributed by atoms with Gasteiger partial charge in [-0.3, -0.25) is 19.1 Å². The lowest BCUT2D eigenvalue weighted by molar-refractivity contribution is -0.137. The summed E-state index contributed by atoms with van der Waals surface area (Å²) in [6.45, 7) is 4.06. The highest BCUT2D eigenvalue weighted by molar-refractivity contribution is 6.01. The van der Waals surface area contributed by atoms with Gasteiger partial charge < -0.3 is 9.88 Å². The van der Waals surface area contributed by atoms with Crippen LogP contribution in [0.1, 0.15) is 46.9 Å². The first-order valence-electron chi connectivity index (χ1n) is 14.3. The van der Waals surface area contributed by atoms with Gasteiger partial charge in [0.25, 0.3) is 11.5 Å². The van der Waals surface area contributed by atoms with Crippen LogP contribution in [0.25, 0.3) is 27.7 Å². The molecule has 2 saturated heterocycles. The van der Waals surface area contributed by atoms with Gasteiger partial charge in [0, 0.05) is 36.1 Å². The van der Waals surface area contributed by atoms with E-state index in [0.29, 0.717) is 23.5 Å². The van der Waals surface area contributed by atoms with E-state index in [1.165, 1.54) is 18.3 Å². The summed E-state index contributed by atoms with van der Waals surface area (Å²) in [6, 6.07) is 9.73. The number of aromatic nitrogens is 2. The Bertz CT molecular complexity index is 1870. The number of fused-ring (bicyclic) bond motifs is 1. The molecule has 44 heavy (non-hydrogen) atoms. The minimum absolute atomic E-state index is 0.0152. The van der Waals surface area contributed by atoms with Crippen LogP contribution < -0.4 is 5.56 Å². The molecule has 1 N–H and O–H groups in total. The zero-order valence-electron chi connectivity index (χ0n) is 23.7. The summed E-state index contributed by atoms with van der Waals surface area (Å²) in [7, 11) is 0. The van der Waals surface area contributed by atoms with Crippen molar-refractivity contribution in [2.45, 2.75) is 38.7 Å². The minimum atomic E-state index is -4.84. The fraction of sp³-hybridized carbons (Fsp3) is 0.344. The average molecular weight is 610 g/mol. The van der Waals surface area contributed by atoms with E-state index in [1.807, 2.05) is 6.07 Å². The molecule has 12 heteroatoms. The fourth-order valence-electron chi connectivity index (χ4n) is 6.08. The summed E-state index contributed by atoms with van der Waals surface area (Å²) < 4.78 is 71.2.